The Kier molecular flexibility index (Phi) is 2.99. The van der Waals surface area contributed by atoms with Gasteiger partial charge in [-0.2, -0.15) is 0 Å². The topological polar surface area (TPSA) is 64.3 Å². The molecule has 4 heteroatoms. The molecule has 0 saturated carbocycles. The second-order valence-electron chi connectivity index (χ2n) is 4.04. The van der Waals surface area contributed by atoms with E-state index in [0.717, 1.165) is 18.5 Å². The van der Waals surface area contributed by atoms with Gasteiger partial charge in [0.2, 0.25) is 5.91 Å². The summed E-state index contributed by atoms with van der Waals surface area (Å²) in [6, 6.07) is 5.74. The van der Waals surface area contributed by atoms with Crippen LogP contribution in [-0.4, -0.2) is 19.6 Å². The zero-order chi connectivity index (χ0) is 11.5. The first-order valence-electron chi connectivity index (χ1n) is 5.41. The van der Waals surface area contributed by atoms with Crippen LogP contribution in [0.1, 0.15) is 24.3 Å². The quantitative estimate of drug-likeness (QED) is 0.738. The summed E-state index contributed by atoms with van der Waals surface area (Å²) < 4.78 is 5.18. The van der Waals surface area contributed by atoms with Gasteiger partial charge in [0.15, 0.2) is 0 Å². The summed E-state index contributed by atoms with van der Waals surface area (Å²) >= 11 is 0. The van der Waals surface area contributed by atoms with Gasteiger partial charge in [-0.15, -0.1) is 0 Å². The first-order chi connectivity index (χ1) is 7.70. The molecule has 86 valence electrons. The summed E-state index contributed by atoms with van der Waals surface area (Å²) in [7, 11) is 1.60. The van der Waals surface area contributed by atoms with Crippen LogP contribution in [-0.2, 0) is 4.79 Å². The summed E-state index contributed by atoms with van der Waals surface area (Å²) in [5.74, 6) is 1.08. The van der Waals surface area contributed by atoms with Crippen LogP contribution in [0.5, 0.6) is 5.75 Å². The van der Waals surface area contributed by atoms with E-state index >= 15 is 0 Å². The molecule has 0 aromatic heterocycles. The van der Waals surface area contributed by atoms with Crippen molar-refractivity contribution in [2.45, 2.75) is 18.8 Å². The van der Waals surface area contributed by atoms with Gasteiger partial charge in [-0.25, -0.2) is 0 Å². The van der Waals surface area contributed by atoms with Gasteiger partial charge < -0.3 is 15.8 Å². The number of carbonyl (C=O) groups excluding carboxylic acids is 1. The number of methoxy groups -OCH3 is 1. The van der Waals surface area contributed by atoms with Crippen LogP contribution in [0.3, 0.4) is 0 Å². The van der Waals surface area contributed by atoms with Crippen LogP contribution in [0.15, 0.2) is 18.2 Å². The maximum absolute atomic E-state index is 11.3. The number of nitrogens with two attached hydrogens (primary N) is 1. The lowest BCUT2D eigenvalue weighted by atomic mass is 9.89. The van der Waals surface area contributed by atoms with Gasteiger partial charge in [0.25, 0.3) is 0 Å². The molecule has 0 radical (unpaired) electrons. The molecule has 1 heterocycles. The number of anilines is 1. The molecule has 1 atom stereocenters. The highest BCUT2D eigenvalue weighted by molar-refractivity contribution is 5.77. The van der Waals surface area contributed by atoms with Crippen molar-refractivity contribution in [1.82, 2.24) is 5.32 Å². The average molecular weight is 220 g/mol. The molecule has 1 aliphatic rings. The molecular weight excluding hydrogens is 204 g/mol. The fraction of sp³-hybridized carbons (Fsp3) is 0.417. The minimum Gasteiger partial charge on any atom is -0.495 e. The monoisotopic (exact) mass is 220 g/mol. The van der Waals surface area contributed by atoms with E-state index in [4.69, 9.17) is 10.5 Å². The van der Waals surface area contributed by atoms with Crippen LogP contribution < -0.4 is 15.8 Å². The van der Waals surface area contributed by atoms with E-state index in [-0.39, 0.29) is 11.8 Å². The number of piperidine rings is 1. The van der Waals surface area contributed by atoms with Gasteiger partial charge >= 0.3 is 0 Å². The molecule has 2 rings (SSSR count). The third-order valence-corrected chi connectivity index (χ3v) is 2.98. The molecule has 1 amide bonds. The second-order valence-corrected chi connectivity index (χ2v) is 4.04. The Morgan fingerprint density at radius 1 is 1.50 bits per heavy atom. The molecule has 1 saturated heterocycles. The van der Waals surface area contributed by atoms with E-state index in [9.17, 15) is 4.79 Å². The molecule has 16 heavy (non-hydrogen) atoms. The van der Waals surface area contributed by atoms with E-state index < -0.39 is 0 Å². The van der Waals surface area contributed by atoms with E-state index in [1.54, 1.807) is 7.11 Å². The van der Waals surface area contributed by atoms with Crippen molar-refractivity contribution in [1.29, 1.82) is 0 Å². The SMILES string of the molecule is COc1cc(C2CCNC(=O)C2)ccc1N. The largest absolute Gasteiger partial charge is 0.495 e. The number of nitrogen functional groups attached to an aromatic ring is 1. The lowest BCUT2D eigenvalue weighted by Gasteiger charge is -2.22. The average Bonchev–Trinajstić information content (AvgIpc) is 2.29. The molecule has 0 aliphatic carbocycles. The lowest BCUT2D eigenvalue weighted by molar-refractivity contribution is -0.122. The highest BCUT2D eigenvalue weighted by atomic mass is 16.5. The molecule has 3 N–H and O–H groups in total. The van der Waals surface area contributed by atoms with E-state index in [0.29, 0.717) is 17.9 Å². The number of carbonyl (C=O) groups is 1. The molecule has 4 nitrogen and oxygen atoms in total. The van der Waals surface area contributed by atoms with E-state index in [2.05, 4.69) is 5.32 Å². The van der Waals surface area contributed by atoms with Crippen molar-refractivity contribution >= 4 is 11.6 Å². The summed E-state index contributed by atoms with van der Waals surface area (Å²) in [4.78, 5) is 11.3. The summed E-state index contributed by atoms with van der Waals surface area (Å²) in [6.45, 7) is 0.746. The third-order valence-electron chi connectivity index (χ3n) is 2.98. The van der Waals surface area contributed by atoms with Crippen molar-refractivity contribution in [2.75, 3.05) is 19.4 Å². The predicted octanol–water partition coefficient (Wildman–Crippen LogP) is 1.27. The van der Waals surface area contributed by atoms with E-state index in [1.165, 1.54) is 0 Å². The molecule has 0 bridgehead atoms. The molecule has 1 fully saturated rings. The zero-order valence-electron chi connectivity index (χ0n) is 9.32. The Balaban J connectivity index is 2.22. The van der Waals surface area contributed by atoms with Crippen molar-refractivity contribution < 1.29 is 9.53 Å². The fourth-order valence-electron chi connectivity index (χ4n) is 2.05. The van der Waals surface area contributed by atoms with Gasteiger partial charge in [0.1, 0.15) is 5.75 Å². The Bertz CT molecular complexity index is 404. The first kappa shape index (κ1) is 10.8. The van der Waals surface area contributed by atoms with Crippen molar-refractivity contribution in [3.63, 3.8) is 0 Å². The summed E-state index contributed by atoms with van der Waals surface area (Å²) in [5, 5.41) is 2.83. The van der Waals surface area contributed by atoms with E-state index in [1.807, 2.05) is 18.2 Å². The van der Waals surface area contributed by atoms with Gasteiger partial charge in [-0.1, -0.05) is 6.07 Å². The minimum atomic E-state index is 0.118. The number of hydrogen-bond acceptors (Lipinski definition) is 3. The van der Waals surface area contributed by atoms with Crippen LogP contribution in [0, 0.1) is 0 Å². The summed E-state index contributed by atoms with van der Waals surface area (Å²) in [6.07, 6.45) is 1.52. The Hall–Kier alpha value is -1.71. The van der Waals surface area contributed by atoms with Crippen LogP contribution in [0.2, 0.25) is 0 Å². The lowest BCUT2D eigenvalue weighted by Crippen LogP contribution is -2.32. The molecule has 1 aliphatic heterocycles. The molecular formula is C12H16N2O2. The molecule has 1 unspecified atom stereocenters. The second kappa shape index (κ2) is 4.43. The number of nitrogens with one attached hydrogen (secondary N) is 1. The van der Waals surface area contributed by atoms with Crippen LogP contribution >= 0.6 is 0 Å². The van der Waals surface area contributed by atoms with Gasteiger partial charge in [-0.05, 0) is 30.0 Å². The third kappa shape index (κ3) is 2.10. The zero-order valence-corrected chi connectivity index (χ0v) is 9.32. The number of hydrogen-bond donors (Lipinski definition) is 2. The molecule has 1 aromatic rings. The van der Waals surface area contributed by atoms with Crippen molar-refractivity contribution in [3.05, 3.63) is 23.8 Å². The fourth-order valence-corrected chi connectivity index (χ4v) is 2.05. The number of benzene rings is 1. The highest BCUT2D eigenvalue weighted by Crippen LogP contribution is 2.31. The molecule has 1 aromatic carbocycles. The maximum atomic E-state index is 11.3. The van der Waals surface area contributed by atoms with Crippen LogP contribution in [0.4, 0.5) is 5.69 Å². The predicted molar refractivity (Wildman–Crippen MR) is 62.4 cm³/mol. The van der Waals surface area contributed by atoms with Gasteiger partial charge in [0.05, 0.1) is 12.8 Å². The highest BCUT2D eigenvalue weighted by Gasteiger charge is 2.21. The smallest absolute Gasteiger partial charge is 0.220 e. The Morgan fingerprint density at radius 2 is 2.31 bits per heavy atom. The number of ether oxygens (including phenoxy) is 1. The minimum absolute atomic E-state index is 0.118. The number of rotatable bonds is 2. The Labute approximate surface area is 94.8 Å². The van der Waals surface area contributed by atoms with Crippen molar-refractivity contribution in [3.8, 4) is 5.75 Å². The van der Waals surface area contributed by atoms with Gasteiger partial charge in [0, 0.05) is 13.0 Å². The standard InChI is InChI=1S/C12H16N2O2/c1-16-11-6-8(2-3-10(11)13)9-4-5-14-12(15)7-9/h2-3,6,9H,4-5,7,13H2,1H3,(H,14,15). The Morgan fingerprint density at radius 3 is 3.00 bits per heavy atom. The van der Waals surface area contributed by atoms with Gasteiger partial charge in [-0.3, -0.25) is 4.79 Å². The van der Waals surface area contributed by atoms with Crippen LogP contribution in [0.25, 0.3) is 0 Å². The first-order valence-corrected chi connectivity index (χ1v) is 5.41. The molecule has 0 spiro atoms. The van der Waals surface area contributed by atoms with Crippen molar-refractivity contribution in [2.24, 2.45) is 0 Å². The maximum Gasteiger partial charge on any atom is 0.220 e. The normalized spacial score (nSPS) is 20.3. The number of amides is 1. The summed E-state index contributed by atoms with van der Waals surface area (Å²) in [5.41, 5.74) is 7.51.